The molecule has 0 aliphatic carbocycles. The van der Waals surface area contributed by atoms with E-state index in [-0.39, 0.29) is 17.9 Å². The van der Waals surface area contributed by atoms with Crippen molar-refractivity contribution < 1.29 is 14.3 Å². The molecule has 2 amide bonds. The van der Waals surface area contributed by atoms with Crippen LogP contribution in [-0.2, 0) is 9.53 Å². The summed E-state index contributed by atoms with van der Waals surface area (Å²) in [5.41, 5.74) is 0.952. The average Bonchev–Trinajstić information content (AvgIpc) is 2.82. The molecule has 1 atom stereocenters. The molecule has 184 valence electrons. The van der Waals surface area contributed by atoms with Crippen LogP contribution in [0, 0.1) is 5.92 Å². The summed E-state index contributed by atoms with van der Waals surface area (Å²) < 4.78 is 5.51. The Morgan fingerprint density at radius 3 is 2.50 bits per heavy atom. The number of benzene rings is 2. The van der Waals surface area contributed by atoms with Crippen molar-refractivity contribution in [1.82, 2.24) is 15.1 Å². The monoisotopic (exact) mass is 465 g/mol. The molecule has 0 saturated carbocycles. The molecule has 6 heteroatoms. The Morgan fingerprint density at radius 2 is 1.74 bits per heavy atom. The molecule has 0 aromatic heterocycles. The zero-order valence-electron chi connectivity index (χ0n) is 20.9. The minimum atomic E-state index is -0.487. The minimum Gasteiger partial charge on any atom is -0.444 e. The first-order valence-corrected chi connectivity index (χ1v) is 12.7. The number of rotatable bonds is 5. The van der Waals surface area contributed by atoms with Crippen molar-refractivity contribution in [3.8, 4) is 0 Å². The summed E-state index contributed by atoms with van der Waals surface area (Å²) in [6.07, 6.45) is 3.87. The smallest absolute Gasteiger partial charge is 0.410 e. The van der Waals surface area contributed by atoms with Gasteiger partial charge < -0.3 is 15.0 Å². The predicted octanol–water partition coefficient (Wildman–Crippen LogP) is 4.78. The number of carbonyl (C=O) groups excluding carboxylic acids is 2. The molecule has 2 aliphatic heterocycles. The van der Waals surface area contributed by atoms with Gasteiger partial charge in [-0.1, -0.05) is 42.5 Å². The number of likely N-dealkylation sites (tertiary alicyclic amines) is 2. The molecule has 1 N–H and O–H groups in total. The van der Waals surface area contributed by atoms with Gasteiger partial charge in [0.15, 0.2) is 0 Å². The SMILES string of the molecule is CC(C)(C)OC(=O)N1CCCC(CNC(=O)CN2CCC(c3cccc4ccccc34)CC2)C1. The molecule has 0 radical (unpaired) electrons. The minimum absolute atomic E-state index is 0.0815. The topological polar surface area (TPSA) is 61.9 Å². The number of amides is 2. The van der Waals surface area contributed by atoms with Crippen LogP contribution in [-0.4, -0.2) is 66.7 Å². The molecule has 34 heavy (non-hydrogen) atoms. The van der Waals surface area contributed by atoms with Crippen LogP contribution in [0.2, 0.25) is 0 Å². The number of fused-ring (bicyclic) bond motifs is 1. The molecule has 0 spiro atoms. The van der Waals surface area contributed by atoms with Crippen LogP contribution < -0.4 is 5.32 Å². The normalized spacial score (nSPS) is 20.3. The molecule has 2 heterocycles. The first-order valence-electron chi connectivity index (χ1n) is 12.7. The van der Waals surface area contributed by atoms with Gasteiger partial charge in [0.25, 0.3) is 0 Å². The van der Waals surface area contributed by atoms with Crippen molar-refractivity contribution in [2.24, 2.45) is 5.92 Å². The third kappa shape index (κ3) is 6.50. The van der Waals surface area contributed by atoms with Crippen LogP contribution in [0.15, 0.2) is 42.5 Å². The van der Waals surface area contributed by atoms with Crippen LogP contribution in [0.5, 0.6) is 0 Å². The van der Waals surface area contributed by atoms with Crippen LogP contribution >= 0.6 is 0 Å². The lowest BCUT2D eigenvalue weighted by Crippen LogP contribution is -2.47. The van der Waals surface area contributed by atoms with E-state index in [1.807, 2.05) is 20.8 Å². The van der Waals surface area contributed by atoms with Crippen LogP contribution in [0.3, 0.4) is 0 Å². The summed E-state index contributed by atoms with van der Waals surface area (Å²) in [7, 11) is 0. The zero-order valence-corrected chi connectivity index (χ0v) is 20.9. The maximum absolute atomic E-state index is 12.6. The fraction of sp³-hybridized carbons (Fsp3) is 0.571. The molecule has 2 saturated heterocycles. The van der Waals surface area contributed by atoms with Gasteiger partial charge in [0.1, 0.15) is 5.60 Å². The van der Waals surface area contributed by atoms with Gasteiger partial charge in [-0.25, -0.2) is 4.79 Å². The lowest BCUT2D eigenvalue weighted by atomic mass is 9.86. The van der Waals surface area contributed by atoms with Crippen molar-refractivity contribution in [2.45, 2.75) is 58.0 Å². The molecule has 2 aromatic carbocycles. The molecular weight excluding hydrogens is 426 g/mol. The number of nitrogens with one attached hydrogen (secondary N) is 1. The fourth-order valence-corrected chi connectivity index (χ4v) is 5.25. The number of carbonyl (C=O) groups is 2. The van der Waals surface area contributed by atoms with E-state index in [0.29, 0.717) is 25.6 Å². The highest BCUT2D eigenvalue weighted by atomic mass is 16.6. The Kier molecular flexibility index (Phi) is 7.77. The predicted molar refractivity (Wildman–Crippen MR) is 136 cm³/mol. The van der Waals surface area contributed by atoms with E-state index in [9.17, 15) is 9.59 Å². The van der Waals surface area contributed by atoms with Crippen LogP contribution in [0.1, 0.15) is 57.9 Å². The van der Waals surface area contributed by atoms with Gasteiger partial charge in [-0.05, 0) is 87.7 Å². The van der Waals surface area contributed by atoms with Gasteiger partial charge in [-0.2, -0.15) is 0 Å². The Bertz CT molecular complexity index is 987. The number of ether oxygens (including phenoxy) is 1. The average molecular weight is 466 g/mol. The van der Waals surface area contributed by atoms with Gasteiger partial charge in [0.05, 0.1) is 6.54 Å². The molecule has 2 aromatic rings. The third-order valence-electron chi connectivity index (χ3n) is 6.98. The lowest BCUT2D eigenvalue weighted by Gasteiger charge is -2.34. The number of hydrogen-bond donors (Lipinski definition) is 1. The molecule has 0 bridgehead atoms. The van der Waals surface area contributed by atoms with Gasteiger partial charge in [0, 0.05) is 19.6 Å². The Labute approximate surface area is 203 Å². The highest BCUT2D eigenvalue weighted by molar-refractivity contribution is 5.86. The summed E-state index contributed by atoms with van der Waals surface area (Å²) in [5.74, 6) is 0.909. The Hall–Kier alpha value is -2.60. The molecule has 2 aliphatic rings. The second kappa shape index (κ2) is 10.8. The molecule has 1 unspecified atom stereocenters. The Balaban J connectivity index is 1.21. The standard InChI is InChI=1S/C28H39N3O3/c1-28(2,3)34-27(33)31-15-7-8-21(19-31)18-29-26(32)20-30-16-13-23(14-17-30)25-12-6-10-22-9-4-5-11-24(22)25/h4-6,9-12,21,23H,7-8,13-20H2,1-3H3,(H,29,32). The highest BCUT2D eigenvalue weighted by Gasteiger charge is 2.28. The highest BCUT2D eigenvalue weighted by Crippen LogP contribution is 2.33. The second-order valence-electron chi connectivity index (χ2n) is 10.9. The maximum Gasteiger partial charge on any atom is 0.410 e. The quantitative estimate of drug-likeness (QED) is 0.690. The fourth-order valence-electron chi connectivity index (χ4n) is 5.25. The van der Waals surface area contributed by atoms with E-state index < -0.39 is 5.60 Å². The van der Waals surface area contributed by atoms with Crippen molar-refractivity contribution in [3.05, 3.63) is 48.0 Å². The van der Waals surface area contributed by atoms with Gasteiger partial charge in [0.2, 0.25) is 5.91 Å². The molecular formula is C28H39N3O3. The van der Waals surface area contributed by atoms with E-state index in [2.05, 4.69) is 52.7 Å². The summed E-state index contributed by atoms with van der Waals surface area (Å²) in [6.45, 7) is 9.98. The van der Waals surface area contributed by atoms with Gasteiger partial charge >= 0.3 is 6.09 Å². The maximum atomic E-state index is 12.6. The van der Waals surface area contributed by atoms with Gasteiger partial charge in [-0.3, -0.25) is 9.69 Å². The Morgan fingerprint density at radius 1 is 1.00 bits per heavy atom. The van der Waals surface area contributed by atoms with E-state index in [4.69, 9.17) is 4.74 Å². The van der Waals surface area contributed by atoms with Gasteiger partial charge in [-0.15, -0.1) is 0 Å². The van der Waals surface area contributed by atoms with E-state index >= 15 is 0 Å². The van der Waals surface area contributed by atoms with Crippen molar-refractivity contribution in [3.63, 3.8) is 0 Å². The van der Waals surface area contributed by atoms with E-state index in [1.54, 1.807) is 4.90 Å². The van der Waals surface area contributed by atoms with Crippen LogP contribution in [0.25, 0.3) is 10.8 Å². The number of nitrogens with zero attached hydrogens (tertiary/aromatic N) is 2. The number of piperidine rings is 2. The third-order valence-corrected chi connectivity index (χ3v) is 6.98. The summed E-state index contributed by atoms with van der Waals surface area (Å²) in [5, 5.41) is 5.77. The second-order valence-corrected chi connectivity index (χ2v) is 10.9. The molecule has 2 fully saturated rings. The van der Waals surface area contributed by atoms with E-state index in [0.717, 1.165) is 45.3 Å². The largest absolute Gasteiger partial charge is 0.444 e. The summed E-state index contributed by atoms with van der Waals surface area (Å²) in [6, 6.07) is 15.2. The summed E-state index contributed by atoms with van der Waals surface area (Å²) >= 11 is 0. The first kappa shape index (κ1) is 24.5. The van der Waals surface area contributed by atoms with Crippen LogP contribution in [0.4, 0.5) is 4.79 Å². The number of hydrogen-bond acceptors (Lipinski definition) is 4. The molecule has 4 rings (SSSR count). The molecule has 6 nitrogen and oxygen atoms in total. The summed E-state index contributed by atoms with van der Waals surface area (Å²) in [4.78, 5) is 29.0. The van der Waals surface area contributed by atoms with E-state index in [1.165, 1.54) is 16.3 Å². The first-order chi connectivity index (χ1) is 16.3. The van der Waals surface area contributed by atoms with Crippen molar-refractivity contribution in [1.29, 1.82) is 0 Å². The van der Waals surface area contributed by atoms with Crippen molar-refractivity contribution in [2.75, 3.05) is 39.3 Å². The van der Waals surface area contributed by atoms with Crippen molar-refractivity contribution >= 4 is 22.8 Å². The zero-order chi connectivity index (χ0) is 24.1. The lowest BCUT2D eigenvalue weighted by molar-refractivity contribution is -0.122.